The van der Waals surface area contributed by atoms with E-state index in [1.54, 1.807) is 12.5 Å². The van der Waals surface area contributed by atoms with Crippen LogP contribution in [0.2, 0.25) is 0 Å². The lowest BCUT2D eigenvalue weighted by molar-refractivity contribution is 0.0989. The van der Waals surface area contributed by atoms with Crippen LogP contribution >= 0.6 is 0 Å². The third kappa shape index (κ3) is 4.41. The quantitative estimate of drug-likeness (QED) is 0.666. The van der Waals surface area contributed by atoms with Gasteiger partial charge in [-0.05, 0) is 26.0 Å². The van der Waals surface area contributed by atoms with Crippen molar-refractivity contribution >= 4 is 32.3 Å². The van der Waals surface area contributed by atoms with Crippen molar-refractivity contribution in [3.63, 3.8) is 0 Å². The molecule has 1 fully saturated rings. The van der Waals surface area contributed by atoms with Gasteiger partial charge in [0.25, 0.3) is 0 Å². The first-order chi connectivity index (χ1) is 14.3. The molecule has 1 N–H and O–H groups in total. The molecular weight excluding hydrogens is 402 g/mol. The van der Waals surface area contributed by atoms with Gasteiger partial charge in [-0.1, -0.05) is 0 Å². The highest BCUT2D eigenvalue weighted by Gasteiger charge is 2.21. The van der Waals surface area contributed by atoms with E-state index >= 15 is 0 Å². The molecule has 1 aliphatic heterocycles. The lowest BCUT2D eigenvalue weighted by Gasteiger charge is -2.35. The molecule has 8 nitrogen and oxygen atoms in total. The van der Waals surface area contributed by atoms with Crippen LogP contribution in [0, 0.1) is 0 Å². The number of aromatic amines is 1. The van der Waals surface area contributed by atoms with Crippen LogP contribution in [0.4, 0.5) is 11.5 Å². The van der Waals surface area contributed by atoms with Crippen LogP contribution in [0.1, 0.15) is 13.8 Å². The Hall–Kier alpha value is -2.65. The maximum Gasteiger partial charge on any atom is 0.215 e. The Labute approximate surface area is 176 Å². The molecule has 1 atom stereocenters. The van der Waals surface area contributed by atoms with Gasteiger partial charge in [0.2, 0.25) is 5.88 Å². The lowest BCUT2D eigenvalue weighted by Crippen LogP contribution is -2.43. The third-order valence-corrected chi connectivity index (χ3v) is 5.51. The number of aromatic nitrogens is 3. The second-order valence-electron chi connectivity index (χ2n) is 7.64. The summed E-state index contributed by atoms with van der Waals surface area (Å²) >= 11 is 0. The van der Waals surface area contributed by atoms with Crippen molar-refractivity contribution in [2.45, 2.75) is 19.9 Å². The topological polar surface area (TPSA) is 92.7 Å². The number of ether oxygens (including phenoxy) is 2. The van der Waals surface area contributed by atoms with E-state index in [1.165, 1.54) is 0 Å². The molecule has 9 heteroatoms. The van der Waals surface area contributed by atoms with Crippen molar-refractivity contribution in [3.8, 4) is 17.1 Å². The molecule has 3 aromatic heterocycles. The number of hydrogen-bond acceptors (Lipinski definition) is 7. The summed E-state index contributed by atoms with van der Waals surface area (Å²) in [4.78, 5) is 14.7. The number of anilines is 1. The fourth-order valence-electron chi connectivity index (χ4n) is 3.64. The number of fused-ring (bicyclic) bond motifs is 1. The van der Waals surface area contributed by atoms with Crippen LogP contribution in [-0.4, -0.2) is 64.1 Å². The summed E-state index contributed by atoms with van der Waals surface area (Å²) in [6.45, 7) is 6.67. The molecule has 4 rings (SSSR count). The second kappa shape index (κ2) is 8.23. The number of nitrogens with one attached hydrogen (secondary N) is 1. The van der Waals surface area contributed by atoms with Gasteiger partial charge in [0, 0.05) is 69.8 Å². The van der Waals surface area contributed by atoms with Crippen LogP contribution < -0.4 is 9.64 Å². The minimum Gasteiger partial charge on any atom is -0.478 e. The first-order valence-electron chi connectivity index (χ1n) is 9.99. The molecule has 0 aliphatic carbocycles. The lowest BCUT2D eigenvalue weighted by atomic mass is 10.1. The Kier molecular flexibility index (Phi) is 5.66. The fraction of sp³-hybridized carbons (Fsp3) is 0.429. The van der Waals surface area contributed by atoms with Gasteiger partial charge in [-0.25, -0.2) is 9.19 Å². The zero-order valence-electron chi connectivity index (χ0n) is 17.7. The number of nitrogens with zero attached hydrogens (tertiary/aromatic N) is 4. The van der Waals surface area contributed by atoms with Crippen LogP contribution in [0.3, 0.4) is 0 Å². The third-order valence-electron chi connectivity index (χ3n) is 4.88. The Morgan fingerprint density at radius 2 is 2.17 bits per heavy atom. The van der Waals surface area contributed by atoms with Gasteiger partial charge in [0.1, 0.15) is 5.65 Å². The highest BCUT2D eigenvalue weighted by atomic mass is 32.2. The van der Waals surface area contributed by atoms with Crippen molar-refractivity contribution in [1.82, 2.24) is 15.0 Å². The summed E-state index contributed by atoms with van der Waals surface area (Å²) in [6, 6.07) is 8.03. The molecule has 0 amide bonds. The van der Waals surface area contributed by atoms with Gasteiger partial charge in [-0.15, -0.1) is 0 Å². The average molecular weight is 430 g/mol. The monoisotopic (exact) mass is 429 g/mol. The van der Waals surface area contributed by atoms with Crippen LogP contribution in [0.25, 0.3) is 22.3 Å². The molecule has 1 aliphatic rings. The van der Waals surface area contributed by atoms with E-state index in [1.807, 2.05) is 37.4 Å². The smallest absolute Gasteiger partial charge is 0.215 e. The van der Waals surface area contributed by atoms with E-state index in [0.717, 1.165) is 34.5 Å². The summed E-state index contributed by atoms with van der Waals surface area (Å²) in [7, 11) is -2.36. The van der Waals surface area contributed by atoms with Crippen LogP contribution in [0.5, 0.6) is 5.88 Å². The van der Waals surface area contributed by atoms with Gasteiger partial charge >= 0.3 is 0 Å². The van der Waals surface area contributed by atoms with E-state index in [4.69, 9.17) is 14.5 Å². The molecule has 0 saturated carbocycles. The molecule has 0 spiro atoms. The Bertz CT molecular complexity index is 1170. The number of H-pyrrole nitrogens is 1. The predicted octanol–water partition coefficient (Wildman–Crippen LogP) is 3.61. The molecule has 0 bridgehead atoms. The summed E-state index contributed by atoms with van der Waals surface area (Å²) < 4.78 is 28.0. The number of rotatable bonds is 5. The van der Waals surface area contributed by atoms with Gasteiger partial charge < -0.3 is 19.4 Å². The van der Waals surface area contributed by atoms with Crippen LogP contribution in [0.15, 0.2) is 34.8 Å². The number of morpholine rings is 1. The predicted molar refractivity (Wildman–Crippen MR) is 120 cm³/mol. The van der Waals surface area contributed by atoms with Crippen molar-refractivity contribution in [2.24, 2.45) is 4.36 Å². The van der Waals surface area contributed by atoms with Gasteiger partial charge in [-0.2, -0.15) is 9.35 Å². The van der Waals surface area contributed by atoms with Gasteiger partial charge in [-0.3, -0.25) is 0 Å². The van der Waals surface area contributed by atoms with Gasteiger partial charge in [0.15, 0.2) is 5.82 Å². The minimum absolute atomic E-state index is 0.221. The normalized spacial score (nSPS) is 17.3. The average Bonchev–Trinajstić information content (AvgIpc) is 3.15. The number of pyridine rings is 2. The maximum atomic E-state index is 12.4. The van der Waals surface area contributed by atoms with E-state index in [9.17, 15) is 4.21 Å². The summed E-state index contributed by atoms with van der Waals surface area (Å²) in [5.41, 5.74) is 3.34. The Morgan fingerprint density at radius 3 is 2.90 bits per heavy atom. The van der Waals surface area contributed by atoms with Crippen molar-refractivity contribution in [3.05, 3.63) is 30.5 Å². The maximum absolute atomic E-state index is 12.4. The SMILES string of the molecule is CCOc1cc(-c2cc(N3CCOCC3C)cc(N=S(C)(C)=O)n2)c2cc[nH]c2n1. The molecule has 0 aromatic carbocycles. The molecule has 1 saturated heterocycles. The van der Waals surface area contributed by atoms with Crippen molar-refractivity contribution in [1.29, 1.82) is 0 Å². The summed E-state index contributed by atoms with van der Waals surface area (Å²) in [5.74, 6) is 0.984. The summed E-state index contributed by atoms with van der Waals surface area (Å²) in [5, 5.41) is 0.942. The van der Waals surface area contributed by atoms with E-state index in [-0.39, 0.29) is 6.04 Å². The molecule has 30 heavy (non-hydrogen) atoms. The highest BCUT2D eigenvalue weighted by Crippen LogP contribution is 2.34. The Balaban J connectivity index is 1.92. The molecular formula is C21H27N5O3S. The minimum atomic E-state index is -2.36. The molecule has 4 heterocycles. The first-order valence-corrected chi connectivity index (χ1v) is 12.3. The van der Waals surface area contributed by atoms with Crippen LogP contribution in [-0.2, 0) is 14.5 Å². The van der Waals surface area contributed by atoms with Gasteiger partial charge in [0.05, 0.1) is 25.5 Å². The van der Waals surface area contributed by atoms with Crippen molar-refractivity contribution in [2.75, 3.05) is 43.8 Å². The summed E-state index contributed by atoms with van der Waals surface area (Å²) in [6.07, 6.45) is 5.08. The highest BCUT2D eigenvalue weighted by molar-refractivity contribution is 7.92. The first kappa shape index (κ1) is 20.6. The zero-order chi connectivity index (χ0) is 21.3. The second-order valence-corrected chi connectivity index (χ2v) is 10.2. The fourth-order valence-corrected chi connectivity index (χ4v) is 4.18. The molecule has 3 aromatic rings. The zero-order valence-corrected chi connectivity index (χ0v) is 18.5. The Morgan fingerprint density at radius 1 is 1.33 bits per heavy atom. The largest absolute Gasteiger partial charge is 0.478 e. The van der Waals surface area contributed by atoms with E-state index in [2.05, 4.69) is 26.2 Å². The molecule has 0 radical (unpaired) electrons. The number of hydrogen-bond donors (Lipinski definition) is 1. The molecule has 160 valence electrons. The standard InChI is InChI=1S/C21H27N5O3S/c1-5-29-20-12-17(16-6-7-22-21(16)24-20)18-10-15(26-8-9-28-13-14(26)2)11-19(23-18)25-30(3,4)27/h6-7,10-12,14H,5,8-9,13H2,1-4H3,(H,22,24). The van der Waals surface area contributed by atoms with E-state index in [0.29, 0.717) is 31.5 Å². The molecule has 1 unspecified atom stereocenters. The van der Waals surface area contributed by atoms with E-state index < -0.39 is 9.73 Å². The van der Waals surface area contributed by atoms with Crippen molar-refractivity contribution < 1.29 is 13.7 Å².